The molecule has 0 aromatic heterocycles. The quantitative estimate of drug-likeness (QED) is 0.257. The van der Waals surface area contributed by atoms with Crippen molar-refractivity contribution in [3.05, 3.63) is 0 Å². The van der Waals surface area contributed by atoms with Gasteiger partial charge in [-0.2, -0.15) is 0 Å². The lowest BCUT2D eigenvalue weighted by atomic mass is 10.6. The van der Waals surface area contributed by atoms with E-state index >= 15 is 0 Å². The molecule has 60 valence electrons. The van der Waals surface area contributed by atoms with E-state index in [1.165, 1.54) is 0 Å². The van der Waals surface area contributed by atoms with Gasteiger partial charge >= 0.3 is 5.29 Å². The van der Waals surface area contributed by atoms with Crippen LogP contribution in [0.1, 0.15) is 13.8 Å². The highest BCUT2D eigenvalue weighted by atomic mass is 35.5. The van der Waals surface area contributed by atoms with Crippen molar-refractivity contribution in [2.24, 2.45) is 0 Å². The van der Waals surface area contributed by atoms with Crippen LogP contribution in [0, 0.1) is 0 Å². The molecule has 0 rings (SSSR count). The number of halogens is 1. The van der Waals surface area contributed by atoms with Crippen molar-refractivity contribution < 1.29 is 4.58 Å². The van der Waals surface area contributed by atoms with Crippen molar-refractivity contribution in [1.29, 1.82) is 0 Å². The number of rotatable bonds is 2. The van der Waals surface area contributed by atoms with Gasteiger partial charge in [0.1, 0.15) is 0 Å². The number of nitrogens with zero attached hydrogens (tertiary/aromatic N) is 2. The predicted octanol–water partition coefficient (Wildman–Crippen LogP) is 1.20. The molecular weight excluding hydrogens is 148 g/mol. The van der Waals surface area contributed by atoms with Gasteiger partial charge < -0.3 is 0 Å². The van der Waals surface area contributed by atoms with E-state index in [0.717, 1.165) is 18.4 Å². The molecule has 0 aliphatic carbocycles. The summed E-state index contributed by atoms with van der Waals surface area (Å²) in [5.41, 5.74) is 0. The van der Waals surface area contributed by atoms with Gasteiger partial charge in [-0.25, -0.2) is 0 Å². The molecule has 0 aromatic carbocycles. The van der Waals surface area contributed by atoms with Crippen molar-refractivity contribution in [3.8, 4) is 0 Å². The first-order chi connectivity index (χ1) is 4.63. The monoisotopic (exact) mass is 163 g/mol. The van der Waals surface area contributed by atoms with Gasteiger partial charge in [0.05, 0.1) is 27.2 Å². The summed E-state index contributed by atoms with van der Waals surface area (Å²) < 4.78 is 2.01. The summed E-state index contributed by atoms with van der Waals surface area (Å²) in [6.07, 6.45) is 0. The first-order valence-electron chi connectivity index (χ1n) is 3.58. The van der Waals surface area contributed by atoms with Crippen LogP contribution in [0.3, 0.4) is 0 Å². The fourth-order valence-corrected chi connectivity index (χ4v) is 0.791. The lowest BCUT2D eigenvalue weighted by Crippen LogP contribution is -2.29. The Labute approximate surface area is 68.1 Å². The van der Waals surface area contributed by atoms with Gasteiger partial charge in [-0.1, -0.05) is 0 Å². The van der Waals surface area contributed by atoms with Crippen LogP contribution in [0.25, 0.3) is 0 Å². The maximum Gasteiger partial charge on any atom is 0.344 e. The molecule has 0 heterocycles. The molecule has 0 bridgehead atoms. The third kappa shape index (κ3) is 2.56. The fraction of sp³-hybridized carbons (Fsp3) is 0.857. The third-order valence-corrected chi connectivity index (χ3v) is 2.16. The molecule has 0 fully saturated rings. The van der Waals surface area contributed by atoms with E-state index in [9.17, 15) is 0 Å². The zero-order valence-corrected chi connectivity index (χ0v) is 7.94. The van der Waals surface area contributed by atoms with E-state index in [4.69, 9.17) is 11.6 Å². The third-order valence-electron chi connectivity index (χ3n) is 1.58. The summed E-state index contributed by atoms with van der Waals surface area (Å²) in [6, 6.07) is 0. The van der Waals surface area contributed by atoms with Crippen LogP contribution in [-0.4, -0.2) is 42.0 Å². The second-order valence-corrected chi connectivity index (χ2v) is 2.64. The van der Waals surface area contributed by atoms with E-state index in [1.807, 2.05) is 23.6 Å². The van der Waals surface area contributed by atoms with Crippen molar-refractivity contribution in [2.45, 2.75) is 13.8 Å². The van der Waals surface area contributed by atoms with E-state index in [0.29, 0.717) is 0 Å². The minimum absolute atomic E-state index is 0.810. The average Bonchev–Trinajstić information content (AvgIpc) is 2.00. The molecule has 0 radical (unpaired) electrons. The minimum Gasteiger partial charge on any atom is -0.254 e. The molecule has 0 aliphatic rings. The maximum absolute atomic E-state index is 5.95. The average molecular weight is 164 g/mol. The van der Waals surface area contributed by atoms with Crippen LogP contribution in [0.2, 0.25) is 0 Å². The molecule has 2 nitrogen and oxygen atoms in total. The Morgan fingerprint density at radius 2 is 2.00 bits per heavy atom. The Morgan fingerprint density at radius 1 is 1.50 bits per heavy atom. The molecule has 0 aliphatic heterocycles. The molecule has 0 N–H and O–H groups in total. The summed E-state index contributed by atoms with van der Waals surface area (Å²) in [6.45, 7) is 6.05. The highest BCUT2D eigenvalue weighted by molar-refractivity contribution is 6.63. The Kier molecular flexibility index (Phi) is 4.45. The first kappa shape index (κ1) is 9.76. The fourth-order valence-electron chi connectivity index (χ4n) is 0.552. The lowest BCUT2D eigenvalue weighted by Gasteiger charge is -2.08. The summed E-state index contributed by atoms with van der Waals surface area (Å²) in [5.74, 6) is 0. The molecule has 0 amide bonds. The van der Waals surface area contributed by atoms with Gasteiger partial charge in [0.25, 0.3) is 0 Å². The molecule has 0 saturated carbocycles. The number of hydrogen-bond donors (Lipinski definition) is 0. The molecule has 0 spiro atoms. The Bertz CT molecular complexity index is 132. The summed E-state index contributed by atoms with van der Waals surface area (Å²) in [7, 11) is 3.96. The molecule has 3 heteroatoms. The lowest BCUT2D eigenvalue weighted by molar-refractivity contribution is -0.495. The minimum atomic E-state index is 0.810. The maximum atomic E-state index is 5.95. The largest absolute Gasteiger partial charge is 0.344 e. The van der Waals surface area contributed by atoms with Crippen molar-refractivity contribution in [1.82, 2.24) is 4.90 Å². The Balaban J connectivity index is 4.15. The zero-order chi connectivity index (χ0) is 8.15. The molecular formula is C7H16ClN2+. The van der Waals surface area contributed by atoms with Gasteiger partial charge in [-0.05, 0) is 13.8 Å². The van der Waals surface area contributed by atoms with Crippen LogP contribution < -0.4 is 0 Å². The molecule has 10 heavy (non-hydrogen) atoms. The van der Waals surface area contributed by atoms with Crippen LogP contribution in [-0.2, 0) is 0 Å². The van der Waals surface area contributed by atoms with Crippen LogP contribution in [0.15, 0.2) is 0 Å². The highest BCUT2D eigenvalue weighted by Gasteiger charge is 2.09. The smallest absolute Gasteiger partial charge is 0.254 e. The molecule has 0 aromatic rings. The standard InChI is InChI=1S/C7H16ClN2/c1-5-9(3)7(8)10(4)6-2/h5-6H2,1-4H3/q+1. The molecule has 0 atom stereocenters. The summed E-state index contributed by atoms with van der Waals surface area (Å²) in [4.78, 5) is 2.01. The Hall–Kier alpha value is -0.240. The van der Waals surface area contributed by atoms with Gasteiger partial charge in [0.15, 0.2) is 0 Å². The Morgan fingerprint density at radius 3 is 2.30 bits per heavy atom. The van der Waals surface area contributed by atoms with E-state index in [2.05, 4.69) is 13.8 Å². The summed E-state index contributed by atoms with van der Waals surface area (Å²) >= 11 is 5.95. The van der Waals surface area contributed by atoms with E-state index in [-0.39, 0.29) is 0 Å². The second-order valence-electron chi connectivity index (χ2n) is 2.30. The van der Waals surface area contributed by atoms with Crippen molar-refractivity contribution >= 4 is 16.9 Å². The van der Waals surface area contributed by atoms with Crippen LogP contribution in [0.4, 0.5) is 0 Å². The van der Waals surface area contributed by atoms with Crippen molar-refractivity contribution in [3.63, 3.8) is 0 Å². The number of hydrogen-bond acceptors (Lipinski definition) is 0. The topological polar surface area (TPSA) is 6.25 Å². The predicted molar refractivity (Wildman–Crippen MR) is 45.9 cm³/mol. The molecule has 0 saturated heterocycles. The van der Waals surface area contributed by atoms with E-state index < -0.39 is 0 Å². The zero-order valence-electron chi connectivity index (χ0n) is 7.19. The van der Waals surface area contributed by atoms with Gasteiger partial charge in [0, 0.05) is 11.6 Å². The second kappa shape index (κ2) is 4.56. The van der Waals surface area contributed by atoms with Crippen LogP contribution >= 0.6 is 11.6 Å². The normalized spacial score (nSPS) is 12.9. The van der Waals surface area contributed by atoms with Gasteiger partial charge in [-0.3, -0.25) is 9.48 Å². The number of amidine groups is 1. The van der Waals surface area contributed by atoms with Gasteiger partial charge in [-0.15, -0.1) is 0 Å². The molecule has 0 unspecified atom stereocenters. The van der Waals surface area contributed by atoms with Crippen LogP contribution in [0.5, 0.6) is 0 Å². The first-order valence-corrected chi connectivity index (χ1v) is 3.96. The SMILES string of the molecule is CCN(C)C(Cl)=[N+](C)CC. The van der Waals surface area contributed by atoms with Gasteiger partial charge in [0.2, 0.25) is 0 Å². The summed E-state index contributed by atoms with van der Waals surface area (Å²) in [5, 5.41) is 0.810. The van der Waals surface area contributed by atoms with E-state index in [1.54, 1.807) is 0 Å². The highest BCUT2D eigenvalue weighted by Crippen LogP contribution is 1.91. The van der Waals surface area contributed by atoms with Crippen molar-refractivity contribution in [2.75, 3.05) is 27.2 Å².